The van der Waals surface area contributed by atoms with Crippen molar-refractivity contribution in [1.82, 2.24) is 4.90 Å². The number of benzene rings is 2. The van der Waals surface area contributed by atoms with Crippen molar-refractivity contribution in [2.45, 2.75) is 84.0 Å². The lowest BCUT2D eigenvalue weighted by Gasteiger charge is -2.37. The summed E-state index contributed by atoms with van der Waals surface area (Å²) in [6.07, 6.45) is 8.37. The maximum Gasteiger partial charge on any atom is 0.410 e. The molecule has 2 aliphatic heterocycles. The third-order valence-electron chi connectivity index (χ3n) is 8.17. The fraction of sp³-hybridized carbons (Fsp3) is 0.606. The van der Waals surface area contributed by atoms with Gasteiger partial charge in [-0.25, -0.2) is 4.79 Å². The molecule has 0 N–H and O–H groups in total. The van der Waals surface area contributed by atoms with Gasteiger partial charge < -0.3 is 24.0 Å². The largest absolute Gasteiger partial charge is 0.445 e. The predicted octanol–water partition coefficient (Wildman–Crippen LogP) is 7.38. The van der Waals surface area contributed by atoms with E-state index < -0.39 is 0 Å². The normalized spacial score (nSPS) is 17.1. The summed E-state index contributed by atoms with van der Waals surface area (Å²) < 4.78 is 17.9. The van der Waals surface area contributed by atoms with Gasteiger partial charge in [-0.15, -0.1) is 0 Å². The summed E-state index contributed by atoms with van der Waals surface area (Å²) in [5.74, 6) is 0.961. The Balaban J connectivity index is 1.21. The number of likely N-dealkylation sites (tertiary alicyclic amines) is 1. The molecule has 1 amide bonds. The number of amides is 1. The summed E-state index contributed by atoms with van der Waals surface area (Å²) >= 11 is 0. The van der Waals surface area contributed by atoms with Crippen molar-refractivity contribution >= 4 is 11.8 Å². The van der Waals surface area contributed by atoms with Crippen LogP contribution < -0.4 is 4.90 Å². The van der Waals surface area contributed by atoms with E-state index in [-0.39, 0.29) is 12.4 Å². The highest BCUT2D eigenvalue weighted by atomic mass is 16.7. The molecule has 0 radical (unpaired) electrons. The third-order valence-corrected chi connectivity index (χ3v) is 8.17. The van der Waals surface area contributed by atoms with Gasteiger partial charge in [0.1, 0.15) is 6.61 Å². The smallest absolute Gasteiger partial charge is 0.410 e. The lowest BCUT2D eigenvalue weighted by Crippen LogP contribution is -2.40. The zero-order valence-corrected chi connectivity index (χ0v) is 24.1. The fourth-order valence-electron chi connectivity index (χ4n) is 5.60. The predicted molar refractivity (Wildman–Crippen MR) is 157 cm³/mol. The zero-order chi connectivity index (χ0) is 27.3. The maximum absolute atomic E-state index is 12.5. The standard InChI is InChI=1S/C33H48N2O4/c1-3-5-24-37-32(38-25-6-4-2)30-18-20-34(21-19-30)31-14-12-28(13-15-31)29-16-22-35(23-17-29)33(36)39-26-27-10-8-7-9-11-27/h7-15,29-30,32H,3-6,16-26H2,1-2H3. The molecule has 0 unspecified atom stereocenters. The molecule has 0 aliphatic carbocycles. The Kier molecular flexibility index (Phi) is 12.0. The molecule has 0 aromatic heterocycles. The van der Waals surface area contributed by atoms with Crippen LogP contribution in [0.25, 0.3) is 0 Å². The Hall–Kier alpha value is -2.57. The second-order valence-corrected chi connectivity index (χ2v) is 11.0. The van der Waals surface area contributed by atoms with Crippen LogP contribution in [0, 0.1) is 5.92 Å². The van der Waals surface area contributed by atoms with Crippen molar-refractivity contribution in [2.24, 2.45) is 5.92 Å². The first-order chi connectivity index (χ1) is 19.2. The van der Waals surface area contributed by atoms with Crippen molar-refractivity contribution in [3.05, 3.63) is 65.7 Å². The molecule has 6 heteroatoms. The average Bonchev–Trinajstić information content (AvgIpc) is 3.00. The van der Waals surface area contributed by atoms with Gasteiger partial charge in [-0.3, -0.25) is 0 Å². The Bertz CT molecular complexity index is 941. The van der Waals surface area contributed by atoms with Crippen LogP contribution in [-0.4, -0.2) is 56.7 Å². The van der Waals surface area contributed by atoms with Crippen molar-refractivity contribution < 1.29 is 19.0 Å². The number of anilines is 1. The molecule has 214 valence electrons. The van der Waals surface area contributed by atoms with E-state index in [1.165, 1.54) is 11.3 Å². The topological polar surface area (TPSA) is 51.2 Å². The van der Waals surface area contributed by atoms with Crippen molar-refractivity contribution in [2.75, 3.05) is 44.3 Å². The number of piperidine rings is 2. The van der Waals surface area contributed by atoms with Crippen LogP contribution in [-0.2, 0) is 20.8 Å². The van der Waals surface area contributed by atoms with E-state index in [0.29, 0.717) is 18.4 Å². The first-order valence-electron chi connectivity index (χ1n) is 15.2. The van der Waals surface area contributed by atoms with Gasteiger partial charge in [-0.2, -0.15) is 0 Å². The number of nitrogens with zero attached hydrogens (tertiary/aromatic N) is 2. The van der Waals surface area contributed by atoms with E-state index in [0.717, 1.165) is 96.3 Å². The highest BCUT2D eigenvalue weighted by Crippen LogP contribution is 2.32. The molecule has 2 saturated heterocycles. The molecule has 0 bridgehead atoms. The number of hydrogen-bond acceptors (Lipinski definition) is 5. The molecule has 2 aliphatic rings. The molecule has 2 aromatic carbocycles. The fourth-order valence-corrected chi connectivity index (χ4v) is 5.60. The van der Waals surface area contributed by atoms with Crippen LogP contribution in [0.15, 0.2) is 54.6 Å². The number of carbonyl (C=O) groups is 1. The number of unbranched alkanes of at least 4 members (excludes halogenated alkanes) is 2. The summed E-state index contributed by atoms with van der Waals surface area (Å²) in [6, 6.07) is 19.0. The minimum absolute atomic E-state index is 0.0610. The van der Waals surface area contributed by atoms with Gasteiger partial charge in [0, 0.05) is 51.0 Å². The molecular weight excluding hydrogens is 488 g/mol. The minimum Gasteiger partial charge on any atom is -0.445 e. The van der Waals surface area contributed by atoms with Gasteiger partial charge in [0.15, 0.2) is 6.29 Å². The molecule has 2 heterocycles. The molecule has 2 aromatic rings. The Morgan fingerprint density at radius 2 is 1.44 bits per heavy atom. The Morgan fingerprint density at radius 3 is 2.03 bits per heavy atom. The summed E-state index contributed by atoms with van der Waals surface area (Å²) in [7, 11) is 0. The monoisotopic (exact) mass is 536 g/mol. The van der Waals surface area contributed by atoms with Crippen LogP contribution in [0.1, 0.15) is 82.3 Å². The van der Waals surface area contributed by atoms with E-state index in [4.69, 9.17) is 14.2 Å². The summed E-state index contributed by atoms with van der Waals surface area (Å²) in [4.78, 5) is 16.9. The molecule has 2 fully saturated rings. The number of carbonyl (C=O) groups excluding carboxylic acids is 1. The first-order valence-corrected chi connectivity index (χ1v) is 15.2. The molecule has 6 nitrogen and oxygen atoms in total. The van der Waals surface area contributed by atoms with Crippen LogP contribution in [0.2, 0.25) is 0 Å². The Labute approximate surface area is 235 Å². The second-order valence-electron chi connectivity index (χ2n) is 11.0. The van der Waals surface area contributed by atoms with Crippen molar-refractivity contribution in [3.63, 3.8) is 0 Å². The second kappa shape index (κ2) is 15.9. The number of rotatable bonds is 13. The molecule has 0 saturated carbocycles. The van der Waals surface area contributed by atoms with Gasteiger partial charge in [0.25, 0.3) is 0 Å². The van der Waals surface area contributed by atoms with Crippen molar-refractivity contribution in [1.29, 1.82) is 0 Å². The molecular formula is C33H48N2O4. The number of ether oxygens (including phenoxy) is 3. The first kappa shape index (κ1) is 29.4. The zero-order valence-electron chi connectivity index (χ0n) is 24.1. The molecule has 0 atom stereocenters. The Morgan fingerprint density at radius 1 is 0.821 bits per heavy atom. The SMILES string of the molecule is CCCCOC(OCCCC)C1CCN(c2ccc(C3CCN(C(=O)OCc4ccccc4)CC3)cc2)CC1. The lowest BCUT2D eigenvalue weighted by atomic mass is 9.89. The minimum atomic E-state index is -0.204. The van der Waals surface area contributed by atoms with E-state index in [2.05, 4.69) is 43.0 Å². The highest BCUT2D eigenvalue weighted by molar-refractivity contribution is 5.67. The van der Waals surface area contributed by atoms with Gasteiger partial charge >= 0.3 is 6.09 Å². The van der Waals surface area contributed by atoms with Crippen LogP contribution in [0.4, 0.5) is 10.5 Å². The summed E-state index contributed by atoms with van der Waals surface area (Å²) in [5, 5.41) is 0. The average molecular weight is 537 g/mol. The third kappa shape index (κ3) is 8.97. The quantitative estimate of drug-likeness (QED) is 0.197. The van der Waals surface area contributed by atoms with E-state index in [1.807, 2.05) is 35.2 Å². The van der Waals surface area contributed by atoms with Crippen LogP contribution in [0.5, 0.6) is 0 Å². The molecule has 4 rings (SSSR count). The van der Waals surface area contributed by atoms with Crippen molar-refractivity contribution in [3.8, 4) is 0 Å². The summed E-state index contributed by atoms with van der Waals surface area (Å²) in [5.41, 5.74) is 3.69. The van der Waals surface area contributed by atoms with E-state index in [1.54, 1.807) is 0 Å². The van der Waals surface area contributed by atoms with Gasteiger partial charge in [0.2, 0.25) is 0 Å². The van der Waals surface area contributed by atoms with E-state index in [9.17, 15) is 4.79 Å². The lowest BCUT2D eigenvalue weighted by molar-refractivity contribution is -0.177. The van der Waals surface area contributed by atoms with Crippen LogP contribution >= 0.6 is 0 Å². The number of hydrogen-bond donors (Lipinski definition) is 0. The van der Waals surface area contributed by atoms with Gasteiger partial charge in [-0.1, -0.05) is 69.2 Å². The molecule has 39 heavy (non-hydrogen) atoms. The highest BCUT2D eigenvalue weighted by Gasteiger charge is 2.29. The van der Waals surface area contributed by atoms with E-state index >= 15 is 0 Å². The van der Waals surface area contributed by atoms with Gasteiger partial charge in [0.05, 0.1) is 0 Å². The molecule has 0 spiro atoms. The van der Waals surface area contributed by atoms with Crippen LogP contribution in [0.3, 0.4) is 0 Å². The summed E-state index contributed by atoms with van der Waals surface area (Å²) in [6.45, 7) is 9.89. The maximum atomic E-state index is 12.5. The van der Waals surface area contributed by atoms with Gasteiger partial charge in [-0.05, 0) is 67.7 Å².